The van der Waals surface area contributed by atoms with Crippen molar-refractivity contribution in [3.63, 3.8) is 0 Å². The van der Waals surface area contributed by atoms with Gasteiger partial charge in [0.1, 0.15) is 0 Å². The van der Waals surface area contributed by atoms with E-state index in [1.165, 1.54) is 39.0 Å². The van der Waals surface area contributed by atoms with Gasteiger partial charge in [-0.05, 0) is 73.5 Å². The van der Waals surface area contributed by atoms with E-state index in [1.807, 2.05) is 24.3 Å². The van der Waals surface area contributed by atoms with E-state index in [9.17, 15) is 9.59 Å². The molecule has 5 rings (SSSR count). The van der Waals surface area contributed by atoms with Crippen molar-refractivity contribution >= 4 is 11.8 Å². The lowest BCUT2D eigenvalue weighted by Crippen LogP contribution is -2.55. The molecule has 2 N–H and O–H groups in total. The van der Waals surface area contributed by atoms with E-state index in [0.717, 1.165) is 23.0 Å². The van der Waals surface area contributed by atoms with Crippen molar-refractivity contribution in [2.75, 3.05) is 0 Å². The first-order chi connectivity index (χ1) is 11.6. The van der Waals surface area contributed by atoms with Crippen LogP contribution in [0.5, 0.6) is 0 Å². The van der Waals surface area contributed by atoms with Crippen LogP contribution in [0, 0.1) is 23.7 Å². The molecule has 4 saturated carbocycles. The van der Waals surface area contributed by atoms with E-state index >= 15 is 0 Å². The predicted molar refractivity (Wildman–Crippen MR) is 92.3 cm³/mol. The number of hydrogen-bond donors (Lipinski definition) is 2. The summed E-state index contributed by atoms with van der Waals surface area (Å²) in [5, 5.41) is 6.11. The second-order valence-electron chi connectivity index (χ2n) is 8.04. The van der Waals surface area contributed by atoms with Crippen molar-refractivity contribution in [1.29, 1.82) is 0 Å². The average Bonchev–Trinajstić information content (AvgIpc) is 2.56. The molecule has 4 aliphatic carbocycles. The maximum atomic E-state index is 12.6. The molecule has 4 bridgehead atoms. The molecule has 0 unspecified atom stereocenters. The van der Waals surface area contributed by atoms with E-state index in [2.05, 4.69) is 10.6 Å². The molecule has 1 aromatic rings. The van der Waals surface area contributed by atoms with Gasteiger partial charge < -0.3 is 10.6 Å². The number of benzene rings is 1. The molecule has 128 valence electrons. The molecule has 4 heteroatoms. The summed E-state index contributed by atoms with van der Waals surface area (Å²) in [6, 6.07) is 7.94. The Balaban J connectivity index is 1.38. The maximum absolute atomic E-state index is 12.6. The van der Waals surface area contributed by atoms with Crippen molar-refractivity contribution in [1.82, 2.24) is 10.6 Å². The Morgan fingerprint density at radius 3 is 2.08 bits per heavy atom. The minimum atomic E-state index is -0.0429. The van der Waals surface area contributed by atoms with Crippen LogP contribution in [0.3, 0.4) is 0 Å². The predicted octanol–water partition coefficient (Wildman–Crippen LogP) is 2.88. The largest absolute Gasteiger partial charge is 0.352 e. The molecule has 0 aromatic heterocycles. The van der Waals surface area contributed by atoms with Crippen molar-refractivity contribution in [3.05, 3.63) is 35.4 Å². The van der Waals surface area contributed by atoms with Crippen LogP contribution >= 0.6 is 0 Å². The van der Waals surface area contributed by atoms with Crippen molar-refractivity contribution in [2.45, 2.75) is 51.6 Å². The van der Waals surface area contributed by atoms with E-state index in [1.54, 1.807) is 0 Å². The summed E-state index contributed by atoms with van der Waals surface area (Å²) in [6.07, 6.45) is 6.69. The van der Waals surface area contributed by atoms with Crippen molar-refractivity contribution < 1.29 is 9.59 Å². The third-order valence-electron chi connectivity index (χ3n) is 6.28. The molecule has 1 aromatic carbocycles. The van der Waals surface area contributed by atoms with Gasteiger partial charge in [-0.1, -0.05) is 12.1 Å². The number of nitrogens with one attached hydrogen (secondary N) is 2. The van der Waals surface area contributed by atoms with Gasteiger partial charge in [-0.2, -0.15) is 0 Å². The fourth-order valence-electron chi connectivity index (χ4n) is 5.40. The normalized spacial score (nSPS) is 33.3. The Bertz CT molecular complexity index is 610. The summed E-state index contributed by atoms with van der Waals surface area (Å²) in [4.78, 5) is 23.6. The molecule has 24 heavy (non-hydrogen) atoms. The average molecular weight is 326 g/mol. The van der Waals surface area contributed by atoms with Crippen LogP contribution in [0.2, 0.25) is 0 Å². The molecule has 0 radical (unpaired) electrons. The molecular formula is C20H26N2O2. The molecule has 0 spiro atoms. The minimum Gasteiger partial charge on any atom is -0.352 e. The quantitative estimate of drug-likeness (QED) is 0.894. The van der Waals surface area contributed by atoms with E-state index in [0.29, 0.717) is 24.4 Å². The van der Waals surface area contributed by atoms with Crippen LogP contribution in [0.25, 0.3) is 0 Å². The van der Waals surface area contributed by atoms with Gasteiger partial charge in [-0.15, -0.1) is 0 Å². The Morgan fingerprint density at radius 2 is 1.54 bits per heavy atom. The van der Waals surface area contributed by atoms with Crippen LogP contribution in [0.1, 0.15) is 54.9 Å². The molecule has 0 atom stereocenters. The summed E-state index contributed by atoms with van der Waals surface area (Å²) in [6.45, 7) is 2.01. The molecule has 4 aliphatic rings. The van der Waals surface area contributed by atoms with Crippen LogP contribution in [-0.4, -0.2) is 17.9 Å². The molecule has 4 fully saturated rings. The van der Waals surface area contributed by atoms with Gasteiger partial charge in [-0.25, -0.2) is 0 Å². The van der Waals surface area contributed by atoms with Gasteiger partial charge in [0, 0.05) is 25.1 Å². The second kappa shape index (κ2) is 6.23. The number of amides is 2. The SMILES string of the molecule is CC(=O)NCc1ccc(C(=O)NC2C3CC4CC(C3)CC2C4)cc1. The highest BCUT2D eigenvalue weighted by Gasteiger charge is 2.48. The highest BCUT2D eigenvalue weighted by Crippen LogP contribution is 2.53. The van der Waals surface area contributed by atoms with E-state index in [-0.39, 0.29) is 11.8 Å². The van der Waals surface area contributed by atoms with Crippen molar-refractivity contribution in [2.24, 2.45) is 23.7 Å². The molecule has 2 amide bonds. The van der Waals surface area contributed by atoms with Crippen LogP contribution in [-0.2, 0) is 11.3 Å². The summed E-state index contributed by atoms with van der Waals surface area (Å²) >= 11 is 0. The summed E-state index contributed by atoms with van der Waals surface area (Å²) in [5.74, 6) is 3.26. The Kier molecular flexibility index (Phi) is 4.07. The van der Waals surface area contributed by atoms with Crippen LogP contribution in [0.15, 0.2) is 24.3 Å². The number of carbonyl (C=O) groups is 2. The maximum Gasteiger partial charge on any atom is 0.251 e. The monoisotopic (exact) mass is 326 g/mol. The molecule has 0 heterocycles. The molecule has 4 nitrogen and oxygen atoms in total. The smallest absolute Gasteiger partial charge is 0.251 e. The van der Waals surface area contributed by atoms with Gasteiger partial charge in [0.25, 0.3) is 5.91 Å². The van der Waals surface area contributed by atoms with Crippen LogP contribution in [0.4, 0.5) is 0 Å². The zero-order valence-corrected chi connectivity index (χ0v) is 14.3. The van der Waals surface area contributed by atoms with Gasteiger partial charge in [0.2, 0.25) is 5.91 Å². The highest BCUT2D eigenvalue weighted by molar-refractivity contribution is 5.94. The first-order valence-corrected chi connectivity index (χ1v) is 9.22. The van der Waals surface area contributed by atoms with Gasteiger partial charge >= 0.3 is 0 Å². The van der Waals surface area contributed by atoms with Gasteiger partial charge in [0.15, 0.2) is 0 Å². The molecule has 0 saturated heterocycles. The number of carbonyl (C=O) groups excluding carboxylic acids is 2. The Labute approximate surface area is 143 Å². The number of rotatable bonds is 4. The lowest BCUT2D eigenvalue weighted by molar-refractivity contribution is -0.119. The second-order valence-corrected chi connectivity index (χ2v) is 8.04. The fourth-order valence-corrected chi connectivity index (χ4v) is 5.40. The first-order valence-electron chi connectivity index (χ1n) is 9.22. The third kappa shape index (κ3) is 3.06. The van der Waals surface area contributed by atoms with E-state index < -0.39 is 0 Å². The molecular weight excluding hydrogens is 300 g/mol. The minimum absolute atomic E-state index is 0.0429. The fraction of sp³-hybridized carbons (Fsp3) is 0.600. The number of hydrogen-bond acceptors (Lipinski definition) is 2. The molecule has 0 aliphatic heterocycles. The van der Waals surface area contributed by atoms with E-state index in [4.69, 9.17) is 0 Å². The lowest BCUT2D eigenvalue weighted by Gasteiger charge is -2.54. The van der Waals surface area contributed by atoms with Crippen LogP contribution < -0.4 is 10.6 Å². The summed E-state index contributed by atoms with van der Waals surface area (Å²) in [7, 11) is 0. The standard InChI is InChI=1S/C20H26N2O2/c1-12(23)21-11-13-2-4-16(5-3-13)20(24)22-19-17-7-14-6-15(9-17)10-18(19)8-14/h2-5,14-15,17-19H,6-11H2,1H3,(H,21,23)(H,22,24). The topological polar surface area (TPSA) is 58.2 Å². The third-order valence-corrected chi connectivity index (χ3v) is 6.28. The van der Waals surface area contributed by atoms with Gasteiger partial charge in [-0.3, -0.25) is 9.59 Å². The first kappa shape index (κ1) is 15.7. The lowest BCUT2D eigenvalue weighted by atomic mass is 9.54. The Morgan fingerprint density at radius 1 is 0.958 bits per heavy atom. The zero-order chi connectivity index (χ0) is 16.7. The highest BCUT2D eigenvalue weighted by atomic mass is 16.2. The summed E-state index contributed by atoms with van der Waals surface area (Å²) in [5.41, 5.74) is 1.73. The summed E-state index contributed by atoms with van der Waals surface area (Å²) < 4.78 is 0. The van der Waals surface area contributed by atoms with Gasteiger partial charge in [0.05, 0.1) is 0 Å². The zero-order valence-electron chi connectivity index (χ0n) is 14.3. The Hall–Kier alpha value is -1.84. The van der Waals surface area contributed by atoms with Crippen molar-refractivity contribution in [3.8, 4) is 0 Å².